The Bertz CT molecular complexity index is 1040. The first-order valence-corrected chi connectivity index (χ1v) is 10.1. The highest BCUT2D eigenvalue weighted by atomic mass is 16.2. The fourth-order valence-corrected chi connectivity index (χ4v) is 3.67. The van der Waals surface area contributed by atoms with E-state index in [0.29, 0.717) is 5.56 Å². The molecule has 150 valence electrons. The van der Waals surface area contributed by atoms with Crippen molar-refractivity contribution >= 4 is 22.9 Å². The van der Waals surface area contributed by atoms with E-state index in [0.717, 1.165) is 67.0 Å². The fraction of sp³-hybridized carbons (Fsp3) is 0.364. The van der Waals surface area contributed by atoms with Gasteiger partial charge >= 0.3 is 0 Å². The van der Waals surface area contributed by atoms with Crippen LogP contribution in [0, 0.1) is 0 Å². The maximum atomic E-state index is 12.9. The molecule has 3 aromatic rings. The molecule has 7 heteroatoms. The molecule has 1 saturated heterocycles. The molecule has 29 heavy (non-hydrogen) atoms. The molecule has 1 aliphatic rings. The van der Waals surface area contributed by atoms with Crippen LogP contribution in [0.5, 0.6) is 0 Å². The highest BCUT2D eigenvalue weighted by Gasteiger charge is 2.20. The largest absolute Gasteiger partial charge is 0.368 e. The molecule has 0 unspecified atom stereocenters. The van der Waals surface area contributed by atoms with E-state index in [1.165, 1.54) is 0 Å². The Balaban J connectivity index is 1.67. The molecular weight excluding hydrogens is 364 g/mol. The molecule has 0 saturated carbocycles. The summed E-state index contributed by atoms with van der Waals surface area (Å²) < 4.78 is 0. The van der Waals surface area contributed by atoms with Crippen LogP contribution in [0.3, 0.4) is 0 Å². The van der Waals surface area contributed by atoms with Crippen LogP contribution in [-0.4, -0.2) is 63.9 Å². The van der Waals surface area contributed by atoms with Gasteiger partial charge in [0.2, 0.25) is 5.95 Å². The van der Waals surface area contributed by atoms with Gasteiger partial charge in [0, 0.05) is 37.3 Å². The number of nitrogens with zero attached hydrogens (tertiary/aromatic N) is 5. The van der Waals surface area contributed by atoms with Gasteiger partial charge in [-0.1, -0.05) is 25.5 Å². The topological polar surface area (TPSA) is 88.2 Å². The third-order valence-corrected chi connectivity index (χ3v) is 5.31. The maximum Gasteiger partial charge on any atom is 0.253 e. The number of rotatable bonds is 4. The summed E-state index contributed by atoms with van der Waals surface area (Å²) in [6, 6.07) is 11.5. The molecule has 2 N–H and O–H groups in total. The lowest BCUT2D eigenvalue weighted by Gasteiger charge is -2.32. The fourth-order valence-electron chi connectivity index (χ4n) is 3.67. The monoisotopic (exact) mass is 390 g/mol. The second kappa shape index (κ2) is 8.13. The first-order valence-electron chi connectivity index (χ1n) is 10.1. The molecule has 0 atom stereocenters. The number of fused-ring (bicyclic) bond motifs is 1. The van der Waals surface area contributed by atoms with Crippen LogP contribution in [-0.2, 0) is 6.42 Å². The second-order valence-corrected chi connectivity index (χ2v) is 7.52. The number of aryl methyl sites for hydroxylation is 1. The summed E-state index contributed by atoms with van der Waals surface area (Å²) in [5.74, 6) is 0.346. The van der Waals surface area contributed by atoms with Gasteiger partial charge in [0.15, 0.2) is 0 Å². The van der Waals surface area contributed by atoms with Crippen molar-refractivity contribution < 1.29 is 4.79 Å². The van der Waals surface area contributed by atoms with Crippen LogP contribution in [0.2, 0.25) is 0 Å². The number of benzene rings is 1. The first kappa shape index (κ1) is 19.3. The van der Waals surface area contributed by atoms with Crippen molar-refractivity contribution in [2.24, 2.45) is 0 Å². The first-order chi connectivity index (χ1) is 14.0. The van der Waals surface area contributed by atoms with E-state index in [1.807, 2.05) is 41.3 Å². The summed E-state index contributed by atoms with van der Waals surface area (Å²) in [6.07, 6.45) is 1.74. The Morgan fingerprint density at radius 3 is 2.62 bits per heavy atom. The Kier molecular flexibility index (Phi) is 5.40. The van der Waals surface area contributed by atoms with E-state index in [-0.39, 0.29) is 11.9 Å². The zero-order valence-electron chi connectivity index (χ0n) is 16.9. The number of nitrogen functional groups attached to an aromatic ring is 1. The summed E-state index contributed by atoms with van der Waals surface area (Å²) in [5, 5.41) is 0. The predicted octanol–water partition coefficient (Wildman–Crippen LogP) is 2.61. The van der Waals surface area contributed by atoms with Crippen LogP contribution >= 0.6 is 0 Å². The van der Waals surface area contributed by atoms with Crippen LogP contribution in [0.25, 0.3) is 22.3 Å². The van der Waals surface area contributed by atoms with Gasteiger partial charge < -0.3 is 15.5 Å². The molecular formula is C22H26N6O. The van der Waals surface area contributed by atoms with Crippen molar-refractivity contribution in [2.45, 2.75) is 19.8 Å². The standard InChI is InChI=1S/C22H26N6O/c1-3-5-18-20-19(26-22(23)25-18)9-8-17(24-20)15-6-4-7-16(14-15)21(29)28-12-10-27(2)11-13-28/h4,6-9,14H,3,5,10-13H2,1-2H3,(H2,23,25,26). The van der Waals surface area contributed by atoms with Gasteiger partial charge in [-0.15, -0.1) is 0 Å². The highest BCUT2D eigenvalue weighted by molar-refractivity contribution is 5.95. The number of hydrogen-bond donors (Lipinski definition) is 1. The summed E-state index contributed by atoms with van der Waals surface area (Å²) >= 11 is 0. The third kappa shape index (κ3) is 4.05. The van der Waals surface area contributed by atoms with E-state index in [9.17, 15) is 4.79 Å². The van der Waals surface area contributed by atoms with Crippen molar-refractivity contribution in [3.63, 3.8) is 0 Å². The predicted molar refractivity (Wildman–Crippen MR) is 115 cm³/mol. The minimum Gasteiger partial charge on any atom is -0.368 e. The Morgan fingerprint density at radius 2 is 1.86 bits per heavy atom. The van der Waals surface area contributed by atoms with E-state index in [2.05, 4.69) is 28.8 Å². The average Bonchev–Trinajstić information content (AvgIpc) is 2.74. The molecule has 1 aliphatic heterocycles. The highest BCUT2D eigenvalue weighted by Crippen LogP contribution is 2.24. The van der Waals surface area contributed by atoms with Crippen LogP contribution in [0.1, 0.15) is 29.4 Å². The molecule has 3 heterocycles. The SMILES string of the molecule is CCCc1nc(N)nc2ccc(-c3cccc(C(=O)N4CCN(C)CC4)c3)nc12. The number of carbonyl (C=O) groups is 1. The number of aromatic nitrogens is 3. The van der Waals surface area contributed by atoms with Crippen molar-refractivity contribution in [2.75, 3.05) is 39.0 Å². The quantitative estimate of drug-likeness (QED) is 0.737. The maximum absolute atomic E-state index is 12.9. The average molecular weight is 390 g/mol. The minimum absolute atomic E-state index is 0.0727. The molecule has 0 spiro atoms. The van der Waals surface area contributed by atoms with Gasteiger partial charge in [0.25, 0.3) is 5.91 Å². The molecule has 4 rings (SSSR count). The van der Waals surface area contributed by atoms with Gasteiger partial charge in [0.05, 0.1) is 16.9 Å². The smallest absolute Gasteiger partial charge is 0.253 e. The number of piperazine rings is 1. The van der Waals surface area contributed by atoms with Gasteiger partial charge in [-0.05, 0) is 37.7 Å². The minimum atomic E-state index is 0.0727. The number of amides is 1. The van der Waals surface area contributed by atoms with E-state index in [4.69, 9.17) is 10.7 Å². The Labute approximate surface area is 170 Å². The summed E-state index contributed by atoms with van der Waals surface area (Å²) in [6.45, 7) is 5.42. The zero-order valence-corrected chi connectivity index (χ0v) is 16.9. The zero-order chi connectivity index (χ0) is 20.4. The van der Waals surface area contributed by atoms with Crippen molar-refractivity contribution in [1.29, 1.82) is 0 Å². The molecule has 0 radical (unpaired) electrons. The third-order valence-electron chi connectivity index (χ3n) is 5.31. The molecule has 0 aliphatic carbocycles. The number of hydrogen-bond acceptors (Lipinski definition) is 6. The Hall–Kier alpha value is -3.06. The molecule has 1 aromatic carbocycles. The molecule has 0 bridgehead atoms. The van der Waals surface area contributed by atoms with Crippen molar-refractivity contribution in [3.8, 4) is 11.3 Å². The molecule has 1 amide bonds. The van der Waals surface area contributed by atoms with E-state index in [1.54, 1.807) is 0 Å². The number of nitrogens with two attached hydrogens (primary N) is 1. The van der Waals surface area contributed by atoms with Gasteiger partial charge in [-0.25, -0.2) is 15.0 Å². The summed E-state index contributed by atoms with van der Waals surface area (Å²) in [5.41, 5.74) is 10.6. The molecule has 2 aromatic heterocycles. The van der Waals surface area contributed by atoms with E-state index < -0.39 is 0 Å². The van der Waals surface area contributed by atoms with E-state index >= 15 is 0 Å². The van der Waals surface area contributed by atoms with Gasteiger partial charge in [0.1, 0.15) is 5.52 Å². The number of pyridine rings is 1. The molecule has 1 fully saturated rings. The number of likely N-dealkylation sites (N-methyl/N-ethyl adjacent to an activating group) is 1. The van der Waals surface area contributed by atoms with Gasteiger partial charge in [-0.2, -0.15) is 0 Å². The van der Waals surface area contributed by atoms with Crippen molar-refractivity contribution in [1.82, 2.24) is 24.8 Å². The van der Waals surface area contributed by atoms with Gasteiger partial charge in [-0.3, -0.25) is 4.79 Å². The lowest BCUT2D eigenvalue weighted by atomic mass is 10.1. The second-order valence-electron chi connectivity index (χ2n) is 7.52. The molecule has 7 nitrogen and oxygen atoms in total. The lowest BCUT2D eigenvalue weighted by molar-refractivity contribution is 0.0664. The number of carbonyl (C=O) groups excluding carboxylic acids is 1. The summed E-state index contributed by atoms with van der Waals surface area (Å²) in [4.78, 5) is 30.6. The number of anilines is 1. The normalized spacial score (nSPS) is 15.0. The van der Waals surface area contributed by atoms with Crippen LogP contribution in [0.15, 0.2) is 36.4 Å². The lowest BCUT2D eigenvalue weighted by Crippen LogP contribution is -2.47. The summed E-state index contributed by atoms with van der Waals surface area (Å²) in [7, 11) is 2.08. The van der Waals surface area contributed by atoms with Crippen LogP contribution < -0.4 is 5.73 Å². The van der Waals surface area contributed by atoms with Crippen LogP contribution in [0.4, 0.5) is 5.95 Å². The Morgan fingerprint density at radius 1 is 1.07 bits per heavy atom. The van der Waals surface area contributed by atoms with Crippen molar-refractivity contribution in [3.05, 3.63) is 47.7 Å².